The van der Waals surface area contributed by atoms with Crippen LogP contribution in [0.3, 0.4) is 0 Å². The molecule has 5 heteroatoms. The second-order valence-corrected chi connectivity index (χ2v) is 9.17. The first-order chi connectivity index (χ1) is 13.2. The molecular formula is C23H23NO4. The molecule has 3 aromatic rings. The number of benzene rings is 1. The molecule has 0 radical (unpaired) electrons. The number of carbonyl (C=O) groups is 1. The van der Waals surface area contributed by atoms with E-state index in [1.807, 2.05) is 4.57 Å². The normalized spacial score (nSPS) is 18.8. The fourth-order valence-corrected chi connectivity index (χ4v) is 4.41. The van der Waals surface area contributed by atoms with E-state index in [4.69, 9.17) is 4.42 Å². The Morgan fingerprint density at radius 1 is 1.21 bits per heavy atom. The van der Waals surface area contributed by atoms with E-state index in [1.54, 1.807) is 0 Å². The molecule has 0 amide bonds. The van der Waals surface area contributed by atoms with Gasteiger partial charge in [0, 0.05) is 29.3 Å². The maximum Gasteiger partial charge on any atom is 0.341 e. The molecule has 0 bridgehead atoms. The van der Waals surface area contributed by atoms with Crippen molar-refractivity contribution in [3.05, 3.63) is 57.4 Å². The van der Waals surface area contributed by atoms with Gasteiger partial charge in [-0.1, -0.05) is 32.9 Å². The lowest BCUT2D eigenvalue weighted by atomic mass is 9.79. The highest BCUT2D eigenvalue weighted by molar-refractivity contribution is 5.90. The lowest BCUT2D eigenvalue weighted by Crippen LogP contribution is -2.32. The highest BCUT2D eigenvalue weighted by Crippen LogP contribution is 2.47. The van der Waals surface area contributed by atoms with Crippen LogP contribution in [0.1, 0.15) is 67.1 Å². The van der Waals surface area contributed by atoms with Gasteiger partial charge in [0.2, 0.25) is 0 Å². The molecule has 0 saturated heterocycles. The molecule has 28 heavy (non-hydrogen) atoms. The summed E-state index contributed by atoms with van der Waals surface area (Å²) in [6.45, 7) is 6.41. The number of nitrogens with zero attached hydrogens (tertiary/aromatic N) is 1. The van der Waals surface area contributed by atoms with Crippen molar-refractivity contribution >= 4 is 16.9 Å². The number of carboxylic acids is 1. The molecule has 0 unspecified atom stereocenters. The fourth-order valence-electron chi connectivity index (χ4n) is 4.41. The predicted octanol–water partition coefficient (Wildman–Crippen LogP) is 4.98. The molecule has 3 heterocycles. The summed E-state index contributed by atoms with van der Waals surface area (Å²) in [4.78, 5) is 24.0. The molecule has 5 rings (SSSR count). The Morgan fingerprint density at radius 3 is 2.61 bits per heavy atom. The molecule has 0 spiro atoms. The summed E-state index contributed by atoms with van der Waals surface area (Å²) in [6.07, 6.45) is 4.69. The smallest absolute Gasteiger partial charge is 0.341 e. The summed E-state index contributed by atoms with van der Waals surface area (Å²) in [5.74, 6) is 0.136. The van der Waals surface area contributed by atoms with Gasteiger partial charge in [0.05, 0.1) is 5.69 Å². The molecule has 2 aromatic heterocycles. The van der Waals surface area contributed by atoms with E-state index in [9.17, 15) is 14.7 Å². The van der Waals surface area contributed by atoms with Gasteiger partial charge in [-0.15, -0.1) is 0 Å². The van der Waals surface area contributed by atoms with E-state index < -0.39 is 11.4 Å². The second-order valence-electron chi connectivity index (χ2n) is 9.17. The number of fused-ring (bicyclic) bond motifs is 5. The fraction of sp³-hybridized carbons (Fsp3) is 0.391. The summed E-state index contributed by atoms with van der Waals surface area (Å²) in [6, 6.07) is 7.91. The minimum atomic E-state index is -1.20. The van der Waals surface area contributed by atoms with Gasteiger partial charge >= 0.3 is 5.97 Å². The van der Waals surface area contributed by atoms with Crippen LogP contribution in [0.4, 0.5) is 0 Å². The monoisotopic (exact) mass is 377 g/mol. The first-order valence-electron chi connectivity index (χ1n) is 9.79. The first-order valence-corrected chi connectivity index (χ1v) is 9.79. The van der Waals surface area contributed by atoms with Crippen LogP contribution < -0.4 is 5.43 Å². The van der Waals surface area contributed by atoms with E-state index in [0.717, 1.165) is 23.0 Å². The van der Waals surface area contributed by atoms with E-state index in [1.165, 1.54) is 30.7 Å². The molecule has 5 nitrogen and oxygen atoms in total. The zero-order valence-corrected chi connectivity index (χ0v) is 16.3. The van der Waals surface area contributed by atoms with Crippen LogP contribution in [0.15, 0.2) is 39.7 Å². The van der Waals surface area contributed by atoms with Crippen molar-refractivity contribution in [3.8, 4) is 11.5 Å². The topological polar surface area (TPSA) is 72.4 Å². The van der Waals surface area contributed by atoms with E-state index >= 15 is 0 Å². The minimum Gasteiger partial charge on any atom is -0.477 e. The van der Waals surface area contributed by atoms with Gasteiger partial charge in [0.25, 0.3) is 0 Å². The number of aromatic nitrogens is 1. The second kappa shape index (κ2) is 5.60. The SMILES string of the molecule is CC(C)(C)[C@@H]1Cc2c(oc3cc(C4CC4)ccc23)-c2cc(=O)c(C(=O)O)cn21. The molecule has 1 aromatic carbocycles. The third-order valence-electron chi connectivity index (χ3n) is 6.14. The van der Waals surface area contributed by atoms with Gasteiger partial charge < -0.3 is 14.1 Å². The van der Waals surface area contributed by atoms with E-state index in [-0.39, 0.29) is 17.0 Å². The Morgan fingerprint density at radius 2 is 1.96 bits per heavy atom. The van der Waals surface area contributed by atoms with E-state index in [2.05, 4.69) is 39.0 Å². The van der Waals surface area contributed by atoms with Crippen molar-refractivity contribution in [3.63, 3.8) is 0 Å². The van der Waals surface area contributed by atoms with E-state index in [0.29, 0.717) is 17.4 Å². The maximum atomic E-state index is 12.4. The number of carboxylic acid groups (broad SMARTS) is 1. The average Bonchev–Trinajstić information content (AvgIpc) is 3.40. The number of hydrogen-bond acceptors (Lipinski definition) is 3. The van der Waals surface area contributed by atoms with Crippen LogP contribution in [0.2, 0.25) is 0 Å². The van der Waals surface area contributed by atoms with Crippen molar-refractivity contribution in [2.45, 2.75) is 52.0 Å². The van der Waals surface area contributed by atoms with Crippen LogP contribution >= 0.6 is 0 Å². The average molecular weight is 377 g/mol. The van der Waals surface area contributed by atoms with Crippen molar-refractivity contribution in [1.82, 2.24) is 4.57 Å². The highest BCUT2D eigenvalue weighted by Gasteiger charge is 2.36. The molecule has 1 aliphatic carbocycles. The predicted molar refractivity (Wildman–Crippen MR) is 107 cm³/mol. The van der Waals surface area contributed by atoms with Gasteiger partial charge in [0.15, 0.2) is 11.2 Å². The lowest BCUT2D eigenvalue weighted by molar-refractivity contribution is 0.0693. The van der Waals surface area contributed by atoms with Gasteiger partial charge in [-0.25, -0.2) is 4.79 Å². The van der Waals surface area contributed by atoms with Crippen molar-refractivity contribution < 1.29 is 14.3 Å². The van der Waals surface area contributed by atoms with Crippen molar-refractivity contribution in [2.75, 3.05) is 0 Å². The number of aromatic carboxylic acids is 1. The van der Waals surface area contributed by atoms with Gasteiger partial charge in [-0.05, 0) is 42.2 Å². The van der Waals surface area contributed by atoms with Crippen LogP contribution in [0, 0.1) is 5.41 Å². The zero-order valence-electron chi connectivity index (χ0n) is 16.3. The van der Waals surface area contributed by atoms with Gasteiger partial charge in [0.1, 0.15) is 11.1 Å². The van der Waals surface area contributed by atoms with Gasteiger partial charge in [-0.2, -0.15) is 0 Å². The summed E-state index contributed by atoms with van der Waals surface area (Å²) in [7, 11) is 0. The third kappa shape index (κ3) is 2.53. The summed E-state index contributed by atoms with van der Waals surface area (Å²) in [5, 5.41) is 10.5. The largest absolute Gasteiger partial charge is 0.477 e. The zero-order chi connectivity index (χ0) is 19.8. The summed E-state index contributed by atoms with van der Waals surface area (Å²) < 4.78 is 8.17. The molecule has 1 N–H and O–H groups in total. The quantitative estimate of drug-likeness (QED) is 0.683. The number of hydrogen-bond donors (Lipinski definition) is 1. The summed E-state index contributed by atoms with van der Waals surface area (Å²) >= 11 is 0. The molecule has 144 valence electrons. The number of rotatable bonds is 2. The first kappa shape index (κ1) is 17.3. The Balaban J connectivity index is 1.78. The van der Waals surface area contributed by atoms with Crippen LogP contribution in [0.25, 0.3) is 22.4 Å². The van der Waals surface area contributed by atoms with Crippen molar-refractivity contribution in [1.29, 1.82) is 0 Å². The molecule has 1 saturated carbocycles. The minimum absolute atomic E-state index is 0.0256. The standard InChI is InChI=1S/C23H23NO4/c1-23(2,3)20-9-15-14-7-6-13(12-4-5-12)8-19(14)28-21(15)17-10-18(25)16(22(26)27)11-24(17)20/h6-8,10-12,20H,4-5,9H2,1-3H3,(H,26,27)/t20-/m0/s1. The Kier molecular flexibility index (Phi) is 3.46. The van der Waals surface area contributed by atoms with Crippen LogP contribution in [-0.4, -0.2) is 15.6 Å². The van der Waals surface area contributed by atoms with Gasteiger partial charge in [-0.3, -0.25) is 4.79 Å². The Hall–Kier alpha value is -2.82. The van der Waals surface area contributed by atoms with Crippen LogP contribution in [-0.2, 0) is 6.42 Å². The highest BCUT2D eigenvalue weighted by atomic mass is 16.4. The lowest BCUT2D eigenvalue weighted by Gasteiger charge is -2.37. The molecule has 1 fully saturated rings. The van der Waals surface area contributed by atoms with Crippen LogP contribution in [0.5, 0.6) is 0 Å². The molecule has 1 atom stereocenters. The maximum absolute atomic E-state index is 12.4. The molecular weight excluding hydrogens is 354 g/mol. The Bertz CT molecular complexity index is 1190. The number of pyridine rings is 1. The molecule has 1 aliphatic heterocycles. The number of furan rings is 1. The summed E-state index contributed by atoms with van der Waals surface area (Å²) in [5.41, 5.74) is 3.14. The third-order valence-corrected chi connectivity index (χ3v) is 6.14. The van der Waals surface area contributed by atoms with Crippen molar-refractivity contribution in [2.24, 2.45) is 5.41 Å². The Labute approximate surface area is 162 Å². The molecule has 2 aliphatic rings.